The number of guanidine groups is 1. The molecular weight excluding hydrogens is 272 g/mol. The fourth-order valence-corrected chi connectivity index (χ4v) is 2.79. The molecule has 0 bridgehead atoms. The van der Waals surface area contributed by atoms with Gasteiger partial charge in [-0.3, -0.25) is 9.98 Å². The van der Waals surface area contributed by atoms with Crippen LogP contribution in [0.3, 0.4) is 0 Å². The van der Waals surface area contributed by atoms with Crippen LogP contribution in [-0.4, -0.2) is 31.1 Å². The van der Waals surface area contributed by atoms with E-state index in [2.05, 4.69) is 39.7 Å². The van der Waals surface area contributed by atoms with E-state index in [0.717, 1.165) is 31.9 Å². The van der Waals surface area contributed by atoms with Gasteiger partial charge in [-0.2, -0.15) is 0 Å². The third-order valence-corrected chi connectivity index (χ3v) is 4.17. The summed E-state index contributed by atoms with van der Waals surface area (Å²) in [6.07, 6.45) is 13.5. The first-order valence-corrected chi connectivity index (χ1v) is 8.31. The van der Waals surface area contributed by atoms with Crippen molar-refractivity contribution in [2.24, 2.45) is 4.99 Å². The van der Waals surface area contributed by atoms with Crippen molar-refractivity contribution in [1.29, 1.82) is 0 Å². The van der Waals surface area contributed by atoms with Crippen molar-refractivity contribution < 1.29 is 0 Å². The van der Waals surface area contributed by atoms with Gasteiger partial charge in [-0.25, -0.2) is 0 Å². The van der Waals surface area contributed by atoms with Crippen molar-refractivity contribution in [2.45, 2.75) is 45.4 Å². The van der Waals surface area contributed by atoms with Gasteiger partial charge in [0.2, 0.25) is 0 Å². The molecule has 1 aromatic heterocycles. The first-order valence-electron chi connectivity index (χ1n) is 8.31. The number of hydrogen-bond donors (Lipinski definition) is 2. The topological polar surface area (TPSA) is 49.3 Å². The van der Waals surface area contributed by atoms with Crippen LogP contribution < -0.4 is 10.6 Å². The highest BCUT2D eigenvalue weighted by Crippen LogP contribution is 2.19. The van der Waals surface area contributed by atoms with E-state index in [-0.39, 0.29) is 0 Å². The molecule has 1 aliphatic carbocycles. The molecular formula is C18H28N4. The average Bonchev–Trinajstić information content (AvgIpc) is 2.56. The molecule has 1 aliphatic rings. The lowest BCUT2D eigenvalue weighted by atomic mass is 9.97. The summed E-state index contributed by atoms with van der Waals surface area (Å²) in [5, 5.41) is 6.79. The first-order chi connectivity index (χ1) is 10.8. The Labute approximate surface area is 134 Å². The van der Waals surface area contributed by atoms with Crippen molar-refractivity contribution in [3.05, 3.63) is 41.2 Å². The largest absolute Gasteiger partial charge is 0.356 e. The third kappa shape index (κ3) is 5.51. The Morgan fingerprint density at radius 1 is 1.23 bits per heavy atom. The highest BCUT2D eigenvalue weighted by Gasteiger charge is 2.04. The quantitative estimate of drug-likeness (QED) is 0.482. The molecule has 0 aromatic carbocycles. The Kier molecular flexibility index (Phi) is 6.94. The Morgan fingerprint density at radius 3 is 2.73 bits per heavy atom. The molecule has 0 radical (unpaired) electrons. The lowest BCUT2D eigenvalue weighted by molar-refractivity contribution is 0.665. The SMILES string of the molecule is CN=C(NCCC1=CCCCC1)NCCc1ccncc1C. The zero-order valence-electron chi connectivity index (χ0n) is 13.9. The van der Waals surface area contributed by atoms with Gasteiger partial charge in [-0.15, -0.1) is 0 Å². The Hall–Kier alpha value is -1.84. The van der Waals surface area contributed by atoms with Crippen LogP contribution in [0.2, 0.25) is 0 Å². The standard InChI is InChI=1S/C18H28N4/c1-15-14-20-11-9-17(15)10-13-22-18(19-2)21-12-8-16-6-4-3-5-7-16/h6,9,11,14H,3-5,7-8,10,12-13H2,1-2H3,(H2,19,21,22). The Morgan fingerprint density at radius 2 is 2.05 bits per heavy atom. The molecule has 0 unspecified atom stereocenters. The van der Waals surface area contributed by atoms with Gasteiger partial charge in [0, 0.05) is 32.5 Å². The molecule has 120 valence electrons. The number of aryl methyl sites for hydroxylation is 1. The molecule has 2 rings (SSSR count). The molecule has 0 saturated heterocycles. The molecule has 1 aromatic rings. The van der Waals surface area contributed by atoms with Crippen LogP contribution in [-0.2, 0) is 6.42 Å². The first kappa shape index (κ1) is 16.5. The fourth-order valence-electron chi connectivity index (χ4n) is 2.79. The highest BCUT2D eigenvalue weighted by atomic mass is 15.2. The Bertz CT molecular complexity index is 520. The summed E-state index contributed by atoms with van der Waals surface area (Å²) in [4.78, 5) is 8.41. The molecule has 0 spiro atoms. The minimum absolute atomic E-state index is 0.882. The second kappa shape index (κ2) is 9.23. The second-order valence-corrected chi connectivity index (χ2v) is 5.84. The van der Waals surface area contributed by atoms with Crippen molar-refractivity contribution >= 4 is 5.96 Å². The van der Waals surface area contributed by atoms with Crippen molar-refractivity contribution in [3.63, 3.8) is 0 Å². The van der Waals surface area contributed by atoms with Crippen LogP contribution in [0.4, 0.5) is 0 Å². The summed E-state index contributed by atoms with van der Waals surface area (Å²) < 4.78 is 0. The second-order valence-electron chi connectivity index (χ2n) is 5.84. The van der Waals surface area contributed by atoms with Gasteiger partial charge < -0.3 is 10.6 Å². The van der Waals surface area contributed by atoms with Gasteiger partial charge in [-0.05, 0) is 62.6 Å². The highest BCUT2D eigenvalue weighted by molar-refractivity contribution is 5.79. The molecule has 0 amide bonds. The van der Waals surface area contributed by atoms with Crippen molar-refractivity contribution in [1.82, 2.24) is 15.6 Å². The van der Waals surface area contributed by atoms with Gasteiger partial charge in [0.15, 0.2) is 5.96 Å². The van der Waals surface area contributed by atoms with E-state index in [1.807, 2.05) is 19.4 Å². The number of pyridine rings is 1. The number of aromatic nitrogens is 1. The molecule has 0 fully saturated rings. The predicted molar refractivity (Wildman–Crippen MR) is 93.2 cm³/mol. The maximum absolute atomic E-state index is 4.29. The van der Waals surface area contributed by atoms with Crippen LogP contribution >= 0.6 is 0 Å². The Balaban J connectivity index is 1.67. The number of nitrogens with zero attached hydrogens (tertiary/aromatic N) is 2. The molecule has 1 heterocycles. The third-order valence-electron chi connectivity index (χ3n) is 4.17. The van der Waals surface area contributed by atoms with Crippen molar-refractivity contribution in [2.75, 3.05) is 20.1 Å². The van der Waals surface area contributed by atoms with Crippen LogP contribution in [0.25, 0.3) is 0 Å². The van der Waals surface area contributed by atoms with Crippen LogP contribution in [0, 0.1) is 6.92 Å². The number of allylic oxidation sites excluding steroid dienone is 1. The summed E-state index contributed by atoms with van der Waals surface area (Å²) in [5.41, 5.74) is 4.18. The molecule has 4 heteroatoms. The van der Waals surface area contributed by atoms with E-state index in [0.29, 0.717) is 0 Å². The van der Waals surface area contributed by atoms with Gasteiger partial charge in [0.25, 0.3) is 0 Å². The lowest BCUT2D eigenvalue weighted by Crippen LogP contribution is -2.38. The van der Waals surface area contributed by atoms with E-state index in [9.17, 15) is 0 Å². The van der Waals surface area contributed by atoms with E-state index in [4.69, 9.17) is 0 Å². The number of aliphatic imine (C=N–C) groups is 1. The number of rotatable bonds is 6. The lowest BCUT2D eigenvalue weighted by Gasteiger charge is -2.15. The fraction of sp³-hybridized carbons (Fsp3) is 0.556. The maximum atomic E-state index is 4.29. The molecule has 4 nitrogen and oxygen atoms in total. The predicted octanol–water partition coefficient (Wildman–Crippen LogP) is 2.99. The maximum Gasteiger partial charge on any atom is 0.190 e. The van der Waals surface area contributed by atoms with E-state index in [1.54, 1.807) is 5.57 Å². The van der Waals surface area contributed by atoms with Gasteiger partial charge >= 0.3 is 0 Å². The zero-order chi connectivity index (χ0) is 15.6. The number of nitrogens with one attached hydrogen (secondary N) is 2. The number of hydrogen-bond acceptors (Lipinski definition) is 2. The van der Waals surface area contributed by atoms with E-state index < -0.39 is 0 Å². The normalized spacial score (nSPS) is 15.4. The summed E-state index contributed by atoms with van der Waals surface area (Å²) in [6, 6.07) is 2.09. The van der Waals surface area contributed by atoms with E-state index >= 15 is 0 Å². The summed E-state index contributed by atoms with van der Waals surface area (Å²) >= 11 is 0. The summed E-state index contributed by atoms with van der Waals surface area (Å²) in [6.45, 7) is 3.94. The molecule has 22 heavy (non-hydrogen) atoms. The zero-order valence-corrected chi connectivity index (χ0v) is 13.9. The smallest absolute Gasteiger partial charge is 0.190 e. The van der Waals surface area contributed by atoms with Crippen LogP contribution in [0.5, 0.6) is 0 Å². The summed E-state index contributed by atoms with van der Waals surface area (Å²) in [7, 11) is 1.83. The van der Waals surface area contributed by atoms with Gasteiger partial charge in [-0.1, -0.05) is 11.6 Å². The van der Waals surface area contributed by atoms with Gasteiger partial charge in [0.05, 0.1) is 0 Å². The molecule has 0 aliphatic heterocycles. The minimum Gasteiger partial charge on any atom is -0.356 e. The summed E-state index contributed by atoms with van der Waals surface area (Å²) in [5.74, 6) is 0.892. The molecule has 0 saturated carbocycles. The monoisotopic (exact) mass is 300 g/mol. The average molecular weight is 300 g/mol. The van der Waals surface area contributed by atoms with Crippen LogP contribution in [0.1, 0.15) is 43.2 Å². The van der Waals surface area contributed by atoms with Crippen LogP contribution in [0.15, 0.2) is 35.1 Å². The minimum atomic E-state index is 0.882. The molecule has 2 N–H and O–H groups in total. The van der Waals surface area contributed by atoms with E-state index in [1.165, 1.54) is 36.8 Å². The molecule has 0 atom stereocenters. The van der Waals surface area contributed by atoms with Crippen molar-refractivity contribution in [3.8, 4) is 0 Å². The van der Waals surface area contributed by atoms with Gasteiger partial charge in [0.1, 0.15) is 0 Å².